The number of ketones is 1. The third-order valence-electron chi connectivity index (χ3n) is 6.46. The summed E-state index contributed by atoms with van der Waals surface area (Å²) in [5.41, 5.74) is 6.05. The number of carbonyl (C=O) groups is 1. The lowest BCUT2D eigenvalue weighted by atomic mass is 9.78. The second kappa shape index (κ2) is 9.67. The molecule has 0 fully saturated rings. The van der Waals surface area contributed by atoms with E-state index >= 15 is 0 Å². The van der Waals surface area contributed by atoms with Gasteiger partial charge in [-0.05, 0) is 59.7 Å². The Labute approximate surface area is 209 Å². The molecule has 0 radical (unpaired) electrons. The molecule has 1 heterocycles. The lowest BCUT2D eigenvalue weighted by Gasteiger charge is -2.30. The highest BCUT2D eigenvalue weighted by atomic mass is 79.9. The number of hydrogen-bond acceptors (Lipinski definition) is 4. The van der Waals surface area contributed by atoms with Crippen molar-refractivity contribution in [3.8, 4) is 5.75 Å². The molecule has 0 bridgehead atoms. The molecule has 0 aromatic heterocycles. The molecule has 1 aliphatic carbocycles. The second-order valence-corrected chi connectivity index (χ2v) is 10.3. The third kappa shape index (κ3) is 4.62. The van der Waals surface area contributed by atoms with Crippen molar-refractivity contribution in [2.75, 3.05) is 17.2 Å². The largest absolute Gasteiger partial charge is 0.493 e. The van der Waals surface area contributed by atoms with Gasteiger partial charge in [0.1, 0.15) is 5.75 Å². The molecule has 2 aliphatic rings. The van der Waals surface area contributed by atoms with E-state index in [0.717, 1.165) is 44.9 Å². The van der Waals surface area contributed by atoms with Gasteiger partial charge in [0.25, 0.3) is 0 Å². The first-order valence-corrected chi connectivity index (χ1v) is 12.6. The van der Waals surface area contributed by atoms with Crippen LogP contribution in [0.5, 0.6) is 5.75 Å². The topological polar surface area (TPSA) is 50.4 Å². The minimum atomic E-state index is -0.220. The van der Waals surface area contributed by atoms with Gasteiger partial charge in [0.05, 0.1) is 24.0 Å². The molecule has 174 valence electrons. The maximum absolute atomic E-state index is 13.7. The molecule has 2 atom stereocenters. The van der Waals surface area contributed by atoms with E-state index in [1.165, 1.54) is 5.56 Å². The van der Waals surface area contributed by atoms with Crippen molar-refractivity contribution < 1.29 is 9.53 Å². The van der Waals surface area contributed by atoms with Gasteiger partial charge in [0.2, 0.25) is 0 Å². The number of halogens is 1. The van der Waals surface area contributed by atoms with Crippen molar-refractivity contribution >= 4 is 33.1 Å². The van der Waals surface area contributed by atoms with Crippen molar-refractivity contribution in [1.29, 1.82) is 0 Å². The zero-order chi connectivity index (χ0) is 23.7. The van der Waals surface area contributed by atoms with E-state index in [1.807, 2.05) is 42.5 Å². The van der Waals surface area contributed by atoms with Gasteiger partial charge >= 0.3 is 0 Å². The minimum Gasteiger partial charge on any atom is -0.493 e. The Bertz CT molecular complexity index is 1230. The van der Waals surface area contributed by atoms with Gasteiger partial charge < -0.3 is 15.4 Å². The minimum absolute atomic E-state index is 0.128. The highest BCUT2D eigenvalue weighted by Gasteiger charge is 2.36. The first-order valence-electron chi connectivity index (χ1n) is 11.9. The molecule has 3 aromatic rings. The predicted molar refractivity (Wildman–Crippen MR) is 141 cm³/mol. The van der Waals surface area contributed by atoms with Crippen molar-refractivity contribution in [3.63, 3.8) is 0 Å². The number of allylic oxidation sites excluding steroid dienone is 1. The van der Waals surface area contributed by atoms with Crippen molar-refractivity contribution in [2.24, 2.45) is 5.92 Å². The standard InChI is InChI=1S/C29H29BrN2O2/c1-18(2)17-34-21-13-11-19(12-14-21)20-15-26-28(27(33)16-20)29(22-7-3-4-8-23(22)30)32-25-10-6-5-9-24(25)31-26/h3-14,18,20,29,31-32H,15-17H2,1-2H3. The summed E-state index contributed by atoms with van der Waals surface area (Å²) < 4.78 is 6.84. The van der Waals surface area contributed by atoms with Gasteiger partial charge in [0, 0.05) is 22.2 Å². The van der Waals surface area contributed by atoms with Gasteiger partial charge in [-0.25, -0.2) is 0 Å². The Morgan fingerprint density at radius 2 is 1.65 bits per heavy atom. The van der Waals surface area contributed by atoms with Gasteiger partial charge in [-0.2, -0.15) is 0 Å². The zero-order valence-electron chi connectivity index (χ0n) is 19.5. The molecule has 0 spiro atoms. The van der Waals surface area contributed by atoms with Crippen LogP contribution >= 0.6 is 15.9 Å². The van der Waals surface area contributed by atoms with Gasteiger partial charge in [-0.3, -0.25) is 4.79 Å². The van der Waals surface area contributed by atoms with Crippen LogP contribution in [-0.4, -0.2) is 12.4 Å². The monoisotopic (exact) mass is 516 g/mol. The number of Topliss-reactive ketones (excluding diaryl/α,β-unsaturated/α-hetero) is 1. The number of fused-ring (bicyclic) bond motifs is 1. The number of benzene rings is 3. The van der Waals surface area contributed by atoms with E-state index in [2.05, 4.69) is 70.7 Å². The predicted octanol–water partition coefficient (Wildman–Crippen LogP) is 7.46. The number of anilines is 2. The van der Waals surface area contributed by atoms with E-state index in [1.54, 1.807) is 0 Å². The van der Waals surface area contributed by atoms with Crippen LogP contribution in [0.3, 0.4) is 0 Å². The van der Waals surface area contributed by atoms with E-state index in [9.17, 15) is 4.79 Å². The molecular formula is C29H29BrN2O2. The summed E-state index contributed by atoms with van der Waals surface area (Å²) in [6, 6.07) is 24.3. The van der Waals surface area contributed by atoms with Gasteiger partial charge in [0.15, 0.2) is 5.78 Å². The normalized spacial score (nSPS) is 19.6. The zero-order valence-corrected chi connectivity index (χ0v) is 21.1. The van der Waals surface area contributed by atoms with E-state index in [4.69, 9.17) is 4.74 Å². The van der Waals surface area contributed by atoms with Crippen LogP contribution in [0, 0.1) is 5.92 Å². The molecular weight excluding hydrogens is 488 g/mol. The van der Waals surface area contributed by atoms with Crippen LogP contribution in [0.4, 0.5) is 11.4 Å². The molecule has 4 nitrogen and oxygen atoms in total. The summed E-state index contributed by atoms with van der Waals surface area (Å²) in [6.45, 7) is 4.98. The molecule has 5 rings (SSSR count). The molecule has 0 amide bonds. The summed E-state index contributed by atoms with van der Waals surface area (Å²) in [4.78, 5) is 13.7. The lowest BCUT2D eigenvalue weighted by Crippen LogP contribution is -2.27. The first-order chi connectivity index (χ1) is 16.5. The number of nitrogens with one attached hydrogen (secondary N) is 2. The Balaban J connectivity index is 1.49. The molecule has 3 aromatic carbocycles. The number of carbonyl (C=O) groups excluding carboxylic acids is 1. The van der Waals surface area contributed by atoms with Gasteiger partial charge in [-0.15, -0.1) is 0 Å². The Kier molecular flexibility index (Phi) is 6.46. The molecule has 0 saturated heterocycles. The fraction of sp³-hybridized carbons (Fsp3) is 0.276. The van der Waals surface area contributed by atoms with E-state index in [0.29, 0.717) is 18.9 Å². The average molecular weight is 517 g/mol. The quantitative estimate of drug-likeness (QED) is 0.369. The Morgan fingerprint density at radius 1 is 0.941 bits per heavy atom. The molecule has 2 N–H and O–H groups in total. The summed E-state index contributed by atoms with van der Waals surface area (Å²) in [5, 5.41) is 7.25. The van der Waals surface area contributed by atoms with E-state index in [-0.39, 0.29) is 17.7 Å². The van der Waals surface area contributed by atoms with Gasteiger partial charge in [-0.1, -0.05) is 72.2 Å². The third-order valence-corrected chi connectivity index (χ3v) is 7.18. The summed E-state index contributed by atoms with van der Waals surface area (Å²) >= 11 is 3.70. The summed E-state index contributed by atoms with van der Waals surface area (Å²) in [5.74, 6) is 1.67. The molecule has 5 heteroatoms. The van der Waals surface area contributed by atoms with Crippen LogP contribution in [0.2, 0.25) is 0 Å². The van der Waals surface area contributed by atoms with E-state index < -0.39 is 0 Å². The fourth-order valence-electron chi connectivity index (χ4n) is 4.77. The van der Waals surface area contributed by atoms with Crippen LogP contribution in [-0.2, 0) is 4.79 Å². The highest BCUT2D eigenvalue weighted by Crippen LogP contribution is 2.45. The number of para-hydroxylation sites is 2. The fourth-order valence-corrected chi connectivity index (χ4v) is 5.28. The van der Waals surface area contributed by atoms with Crippen molar-refractivity contribution in [3.05, 3.63) is 99.7 Å². The van der Waals surface area contributed by atoms with Crippen LogP contribution < -0.4 is 15.4 Å². The highest BCUT2D eigenvalue weighted by molar-refractivity contribution is 9.10. The number of ether oxygens (including phenoxy) is 1. The maximum atomic E-state index is 13.7. The summed E-state index contributed by atoms with van der Waals surface area (Å²) in [6.07, 6.45) is 1.27. The number of rotatable bonds is 5. The lowest BCUT2D eigenvalue weighted by molar-refractivity contribution is -0.116. The molecule has 34 heavy (non-hydrogen) atoms. The summed E-state index contributed by atoms with van der Waals surface area (Å²) in [7, 11) is 0. The second-order valence-electron chi connectivity index (χ2n) is 9.46. The smallest absolute Gasteiger partial charge is 0.163 e. The van der Waals surface area contributed by atoms with Crippen LogP contribution in [0.1, 0.15) is 49.8 Å². The van der Waals surface area contributed by atoms with Crippen LogP contribution in [0.15, 0.2) is 88.5 Å². The van der Waals surface area contributed by atoms with Crippen LogP contribution in [0.25, 0.3) is 0 Å². The first kappa shape index (κ1) is 22.7. The SMILES string of the molecule is CC(C)COc1ccc(C2CC(=O)C3=C(C2)Nc2ccccc2NC3c2ccccc2Br)cc1. The number of hydrogen-bond donors (Lipinski definition) is 2. The van der Waals surface area contributed by atoms with Crippen molar-refractivity contribution in [1.82, 2.24) is 0 Å². The Morgan fingerprint density at radius 3 is 2.38 bits per heavy atom. The molecule has 0 saturated carbocycles. The molecule has 1 aliphatic heterocycles. The average Bonchev–Trinajstić information content (AvgIpc) is 3.00. The maximum Gasteiger partial charge on any atom is 0.163 e. The Hall–Kier alpha value is -3.05. The molecule has 2 unspecified atom stereocenters. The van der Waals surface area contributed by atoms with Crippen molar-refractivity contribution in [2.45, 2.75) is 38.6 Å².